The van der Waals surface area contributed by atoms with Crippen LogP contribution in [0.15, 0.2) is 36.5 Å². The van der Waals surface area contributed by atoms with E-state index < -0.39 is 0 Å². The number of hydrogen-bond acceptors (Lipinski definition) is 8. The molecule has 188 valence electrons. The number of rotatable bonds is 3. The van der Waals surface area contributed by atoms with Crippen molar-refractivity contribution in [2.75, 3.05) is 43.1 Å². The number of fused-ring (bicyclic) bond motifs is 4. The number of nitrogen functional groups attached to an aromatic ring is 1. The average molecular weight is 497 g/mol. The van der Waals surface area contributed by atoms with E-state index in [-0.39, 0.29) is 17.9 Å². The van der Waals surface area contributed by atoms with Gasteiger partial charge < -0.3 is 26.0 Å². The number of nitrogens with one attached hydrogen (secondary N) is 2. The maximum Gasteiger partial charge on any atom is 0.244 e. The van der Waals surface area contributed by atoms with Crippen LogP contribution >= 0.6 is 0 Å². The van der Waals surface area contributed by atoms with Gasteiger partial charge in [0.1, 0.15) is 30.5 Å². The third-order valence-corrected chi connectivity index (χ3v) is 7.79. The van der Waals surface area contributed by atoms with E-state index in [2.05, 4.69) is 33.6 Å². The smallest absolute Gasteiger partial charge is 0.244 e. The number of carbonyl (C=O) groups excluding carboxylic acids is 1. The van der Waals surface area contributed by atoms with Crippen molar-refractivity contribution in [3.8, 4) is 17.0 Å². The van der Waals surface area contributed by atoms with Crippen molar-refractivity contribution in [1.29, 1.82) is 0 Å². The fourth-order valence-corrected chi connectivity index (χ4v) is 5.62. The standard InChI is InChI=1S/C27H28N8O2/c1-15-17(3-4-20-25(15)29-7-8-37-20)19-9-16-10-22(30-12-18(16)26(28)31-19)32-23-11-21-27(5-6-27)14-34(2)24(36)13-35(21)33-23/h3-4,9-12,29H,5-8,13-14H2,1-2H3,(H2,28,31)(H,30,32,33). The molecule has 10 heteroatoms. The Morgan fingerprint density at radius 3 is 2.89 bits per heavy atom. The van der Waals surface area contributed by atoms with Gasteiger partial charge in [-0.15, -0.1) is 0 Å². The molecule has 3 aromatic heterocycles. The zero-order valence-electron chi connectivity index (χ0n) is 20.8. The Morgan fingerprint density at radius 2 is 2.05 bits per heavy atom. The molecule has 0 atom stereocenters. The highest BCUT2D eigenvalue weighted by molar-refractivity contribution is 5.95. The lowest BCUT2D eigenvalue weighted by atomic mass is 10.0. The van der Waals surface area contributed by atoms with Crippen LogP contribution in [0.4, 0.5) is 23.1 Å². The molecule has 0 radical (unpaired) electrons. The molecule has 37 heavy (non-hydrogen) atoms. The quantitative estimate of drug-likeness (QED) is 0.394. The van der Waals surface area contributed by atoms with E-state index in [0.717, 1.165) is 70.7 Å². The number of carbonyl (C=O) groups is 1. The lowest BCUT2D eigenvalue weighted by molar-refractivity contribution is -0.130. The minimum absolute atomic E-state index is 0.0201. The van der Waals surface area contributed by atoms with Crippen LogP contribution in [0.3, 0.4) is 0 Å². The van der Waals surface area contributed by atoms with Crippen molar-refractivity contribution in [1.82, 2.24) is 24.6 Å². The number of nitrogens with zero attached hydrogens (tertiary/aromatic N) is 5. The molecule has 3 aliphatic rings. The summed E-state index contributed by atoms with van der Waals surface area (Å²) in [4.78, 5) is 23.6. The fraction of sp³-hybridized carbons (Fsp3) is 0.333. The van der Waals surface area contributed by atoms with Crippen molar-refractivity contribution in [2.45, 2.75) is 31.7 Å². The molecule has 7 rings (SSSR count). The van der Waals surface area contributed by atoms with Gasteiger partial charge in [0.2, 0.25) is 5.91 Å². The van der Waals surface area contributed by atoms with Gasteiger partial charge in [-0.2, -0.15) is 5.10 Å². The molecule has 4 N–H and O–H groups in total. The van der Waals surface area contributed by atoms with Gasteiger partial charge in [-0.1, -0.05) is 0 Å². The molecule has 1 amide bonds. The molecule has 2 aliphatic heterocycles. The minimum atomic E-state index is 0.0201. The van der Waals surface area contributed by atoms with Crippen LogP contribution in [-0.2, 0) is 16.8 Å². The second-order valence-electron chi connectivity index (χ2n) is 10.3. The van der Waals surface area contributed by atoms with E-state index in [4.69, 9.17) is 15.6 Å². The van der Waals surface area contributed by atoms with Gasteiger partial charge in [-0.3, -0.25) is 9.48 Å². The molecule has 10 nitrogen and oxygen atoms in total. The summed E-state index contributed by atoms with van der Waals surface area (Å²) in [7, 11) is 1.87. The highest BCUT2D eigenvalue weighted by Gasteiger charge is 2.50. The maximum absolute atomic E-state index is 12.5. The Bertz CT molecular complexity index is 1590. The second kappa shape index (κ2) is 7.83. The van der Waals surface area contributed by atoms with Crippen LogP contribution in [-0.4, -0.2) is 57.3 Å². The van der Waals surface area contributed by atoms with Gasteiger partial charge in [-0.05, 0) is 55.0 Å². The number of pyridine rings is 2. The topological polar surface area (TPSA) is 123 Å². The normalized spacial score (nSPS) is 17.6. The predicted octanol–water partition coefficient (Wildman–Crippen LogP) is 3.44. The molecule has 5 heterocycles. The van der Waals surface area contributed by atoms with Gasteiger partial charge in [0.25, 0.3) is 0 Å². The number of benzene rings is 1. The average Bonchev–Trinajstić information content (AvgIpc) is 3.57. The van der Waals surface area contributed by atoms with Crippen molar-refractivity contribution >= 4 is 39.8 Å². The molecule has 1 fully saturated rings. The van der Waals surface area contributed by atoms with Gasteiger partial charge in [-0.25, -0.2) is 9.97 Å². The maximum atomic E-state index is 12.5. The number of hydrogen-bond donors (Lipinski definition) is 3. The Kier molecular flexibility index (Phi) is 4.63. The SMILES string of the molecule is Cc1c(-c2cc3cc(Nc4cc5n(n4)CC(=O)N(C)CC54CC4)ncc3c(N)n2)ccc2c1NCCO2. The van der Waals surface area contributed by atoms with E-state index >= 15 is 0 Å². The number of anilines is 4. The molecule has 1 aliphatic carbocycles. The van der Waals surface area contributed by atoms with Gasteiger partial charge in [0, 0.05) is 54.5 Å². The van der Waals surface area contributed by atoms with Crippen molar-refractivity contribution in [3.63, 3.8) is 0 Å². The van der Waals surface area contributed by atoms with E-state index in [1.54, 1.807) is 6.20 Å². The largest absolute Gasteiger partial charge is 0.490 e. The fourth-order valence-electron chi connectivity index (χ4n) is 5.62. The Labute approximate surface area is 213 Å². The van der Waals surface area contributed by atoms with Crippen molar-refractivity contribution in [3.05, 3.63) is 47.8 Å². The van der Waals surface area contributed by atoms with Crippen LogP contribution in [0, 0.1) is 6.92 Å². The highest BCUT2D eigenvalue weighted by Crippen LogP contribution is 2.50. The third-order valence-electron chi connectivity index (χ3n) is 7.79. The Balaban J connectivity index is 1.23. The summed E-state index contributed by atoms with van der Waals surface area (Å²) in [5.74, 6) is 2.71. The van der Waals surface area contributed by atoms with Crippen LogP contribution in [0.2, 0.25) is 0 Å². The summed E-state index contributed by atoms with van der Waals surface area (Å²) in [5.41, 5.74) is 11.4. The molecule has 0 unspecified atom stereocenters. The van der Waals surface area contributed by atoms with Crippen molar-refractivity contribution in [2.24, 2.45) is 0 Å². The number of aromatic nitrogens is 4. The molecule has 0 bridgehead atoms. The molecule has 1 aromatic carbocycles. The molecule has 1 saturated carbocycles. The highest BCUT2D eigenvalue weighted by atomic mass is 16.5. The first-order valence-corrected chi connectivity index (χ1v) is 12.6. The van der Waals surface area contributed by atoms with E-state index in [1.165, 1.54) is 0 Å². The number of amides is 1. The van der Waals surface area contributed by atoms with E-state index in [9.17, 15) is 4.79 Å². The molecule has 1 spiro atoms. The summed E-state index contributed by atoms with van der Waals surface area (Å²) in [5, 5.41) is 13.2. The zero-order chi connectivity index (χ0) is 25.3. The van der Waals surface area contributed by atoms with E-state index in [1.807, 2.05) is 40.9 Å². The monoisotopic (exact) mass is 496 g/mol. The van der Waals surface area contributed by atoms with Gasteiger partial charge >= 0.3 is 0 Å². The Morgan fingerprint density at radius 1 is 1.19 bits per heavy atom. The number of likely N-dealkylation sites (N-methyl/N-ethyl adjacent to an activating group) is 1. The predicted molar refractivity (Wildman–Crippen MR) is 142 cm³/mol. The Hall–Kier alpha value is -4.34. The summed E-state index contributed by atoms with van der Waals surface area (Å²) in [6.07, 6.45) is 3.88. The first kappa shape index (κ1) is 21.9. The van der Waals surface area contributed by atoms with Crippen LogP contribution in [0.25, 0.3) is 22.0 Å². The van der Waals surface area contributed by atoms with Gasteiger partial charge in [0.05, 0.1) is 11.4 Å². The van der Waals surface area contributed by atoms with Crippen LogP contribution < -0.4 is 21.1 Å². The molecule has 0 saturated heterocycles. The number of nitrogens with two attached hydrogens (primary N) is 1. The zero-order valence-corrected chi connectivity index (χ0v) is 20.8. The van der Waals surface area contributed by atoms with Gasteiger partial charge in [0.15, 0.2) is 5.82 Å². The molecular formula is C27H28N8O2. The lowest BCUT2D eigenvalue weighted by Gasteiger charge is -2.22. The second-order valence-corrected chi connectivity index (χ2v) is 10.3. The summed E-state index contributed by atoms with van der Waals surface area (Å²) >= 11 is 0. The third kappa shape index (κ3) is 3.54. The summed E-state index contributed by atoms with van der Waals surface area (Å²) < 4.78 is 7.62. The minimum Gasteiger partial charge on any atom is -0.490 e. The molecular weight excluding hydrogens is 468 g/mol. The summed E-state index contributed by atoms with van der Waals surface area (Å²) in [6.45, 7) is 4.49. The lowest BCUT2D eigenvalue weighted by Crippen LogP contribution is -2.32. The first-order valence-electron chi connectivity index (χ1n) is 12.6. The first-order chi connectivity index (χ1) is 17.9. The van der Waals surface area contributed by atoms with Crippen molar-refractivity contribution < 1.29 is 9.53 Å². The van der Waals surface area contributed by atoms with E-state index in [0.29, 0.717) is 24.1 Å². The van der Waals surface area contributed by atoms with Crippen LogP contribution in [0.1, 0.15) is 24.1 Å². The van der Waals surface area contributed by atoms with Crippen LogP contribution in [0.5, 0.6) is 5.75 Å². The molecule has 4 aromatic rings. The number of ether oxygens (including phenoxy) is 1. The summed E-state index contributed by atoms with van der Waals surface area (Å²) in [6, 6.07) is 10.1.